The van der Waals surface area contributed by atoms with Crippen LogP contribution in [0.4, 0.5) is 0 Å². The Morgan fingerprint density at radius 3 is 3.00 bits per heavy atom. The van der Waals surface area contributed by atoms with Gasteiger partial charge in [-0.2, -0.15) is 4.98 Å². The molecule has 2 heterocycles. The molecule has 0 amide bonds. The molecule has 2 rings (SSSR count). The highest BCUT2D eigenvalue weighted by molar-refractivity contribution is 7.89. The Kier molecular flexibility index (Phi) is 2.74. The molecule has 0 bridgehead atoms. The molecule has 1 N–H and O–H groups in total. The van der Waals surface area contributed by atoms with E-state index in [4.69, 9.17) is 4.52 Å². The normalized spacial score (nSPS) is 22.1. The van der Waals surface area contributed by atoms with Gasteiger partial charge in [0.1, 0.15) is 5.75 Å². The third kappa shape index (κ3) is 2.75. The summed E-state index contributed by atoms with van der Waals surface area (Å²) in [5, 5.41) is 6.84. The molecule has 1 saturated heterocycles. The maximum absolute atomic E-state index is 11.0. The van der Waals surface area contributed by atoms with Crippen LogP contribution in [0.5, 0.6) is 0 Å². The van der Waals surface area contributed by atoms with Crippen molar-refractivity contribution >= 4 is 9.84 Å². The highest BCUT2D eigenvalue weighted by Crippen LogP contribution is 2.20. The van der Waals surface area contributed by atoms with E-state index in [0.29, 0.717) is 5.89 Å². The van der Waals surface area contributed by atoms with E-state index in [1.165, 1.54) is 0 Å². The van der Waals surface area contributed by atoms with Gasteiger partial charge in [0.15, 0.2) is 15.7 Å². The van der Waals surface area contributed by atoms with Gasteiger partial charge in [-0.15, -0.1) is 0 Å². The number of sulfone groups is 1. The molecule has 1 aliphatic heterocycles. The predicted molar refractivity (Wildman–Crippen MR) is 53.1 cm³/mol. The van der Waals surface area contributed by atoms with Crippen LogP contribution in [0.25, 0.3) is 0 Å². The molecule has 7 heteroatoms. The van der Waals surface area contributed by atoms with Crippen LogP contribution in [-0.2, 0) is 15.6 Å². The van der Waals surface area contributed by atoms with Crippen LogP contribution in [0.15, 0.2) is 4.52 Å². The summed E-state index contributed by atoms with van der Waals surface area (Å²) in [5.74, 6) is 0.861. The Bertz CT molecular complexity index is 434. The van der Waals surface area contributed by atoms with Gasteiger partial charge in [0.2, 0.25) is 5.89 Å². The Balaban J connectivity index is 2.10. The Labute approximate surface area is 88.0 Å². The van der Waals surface area contributed by atoms with Crippen molar-refractivity contribution in [3.05, 3.63) is 11.7 Å². The summed E-state index contributed by atoms with van der Waals surface area (Å²) in [5.41, 5.74) is 0. The molecule has 1 atom stereocenters. The summed E-state index contributed by atoms with van der Waals surface area (Å²) < 4.78 is 27.0. The van der Waals surface area contributed by atoms with Crippen molar-refractivity contribution in [2.24, 2.45) is 0 Å². The maximum atomic E-state index is 11.0. The molecule has 0 aromatic carbocycles. The molecule has 1 aliphatic rings. The highest BCUT2D eigenvalue weighted by atomic mass is 32.2. The summed E-state index contributed by atoms with van der Waals surface area (Å²) in [7, 11) is -3.09. The first-order chi connectivity index (χ1) is 7.04. The van der Waals surface area contributed by atoms with Crippen molar-refractivity contribution in [3.63, 3.8) is 0 Å². The molecule has 0 aliphatic carbocycles. The van der Waals surface area contributed by atoms with E-state index < -0.39 is 9.84 Å². The van der Waals surface area contributed by atoms with Gasteiger partial charge >= 0.3 is 0 Å². The van der Waals surface area contributed by atoms with Crippen LogP contribution in [0.2, 0.25) is 0 Å². The third-order valence-corrected chi connectivity index (χ3v) is 3.07. The van der Waals surface area contributed by atoms with E-state index in [9.17, 15) is 8.42 Å². The topological polar surface area (TPSA) is 85.1 Å². The first-order valence-corrected chi connectivity index (χ1v) is 6.81. The average molecular weight is 231 g/mol. The number of nitrogens with one attached hydrogen (secondary N) is 1. The standard InChI is InChI=1S/C8H13N3O3S/c1-15(12,13)5-7-10-8(14-11-7)6-2-3-9-4-6/h6,9H,2-5H2,1H3. The zero-order valence-electron chi connectivity index (χ0n) is 8.43. The summed E-state index contributed by atoms with van der Waals surface area (Å²) in [6.45, 7) is 1.76. The van der Waals surface area contributed by atoms with Crippen LogP contribution in [0.1, 0.15) is 24.1 Å². The number of nitrogens with zero attached hydrogens (tertiary/aromatic N) is 2. The lowest BCUT2D eigenvalue weighted by Gasteiger charge is -1.98. The molecular weight excluding hydrogens is 218 g/mol. The minimum absolute atomic E-state index is 0.156. The van der Waals surface area contributed by atoms with Crippen LogP contribution in [0, 0.1) is 0 Å². The SMILES string of the molecule is CS(=O)(=O)Cc1noc(C2CCNC2)n1. The summed E-state index contributed by atoms with van der Waals surface area (Å²) in [6, 6.07) is 0. The van der Waals surface area contributed by atoms with E-state index in [2.05, 4.69) is 15.5 Å². The Morgan fingerprint density at radius 1 is 1.60 bits per heavy atom. The van der Waals surface area contributed by atoms with Crippen molar-refractivity contribution in [3.8, 4) is 0 Å². The molecule has 6 nitrogen and oxygen atoms in total. The second kappa shape index (κ2) is 3.90. The first-order valence-electron chi connectivity index (χ1n) is 4.75. The van der Waals surface area contributed by atoms with Gasteiger partial charge in [-0.05, 0) is 13.0 Å². The van der Waals surface area contributed by atoms with Gasteiger partial charge in [-0.3, -0.25) is 0 Å². The van der Waals surface area contributed by atoms with Crippen LogP contribution in [0.3, 0.4) is 0 Å². The molecule has 0 saturated carbocycles. The monoisotopic (exact) mass is 231 g/mol. The molecule has 1 unspecified atom stereocenters. The first kappa shape index (κ1) is 10.6. The molecule has 1 fully saturated rings. The highest BCUT2D eigenvalue weighted by Gasteiger charge is 2.23. The summed E-state index contributed by atoms with van der Waals surface area (Å²) in [6.07, 6.45) is 2.11. The van der Waals surface area contributed by atoms with Gasteiger partial charge in [0.25, 0.3) is 0 Å². The van der Waals surface area contributed by atoms with Crippen molar-refractivity contribution in [2.45, 2.75) is 18.1 Å². The average Bonchev–Trinajstić information content (AvgIpc) is 2.68. The fourth-order valence-electron chi connectivity index (χ4n) is 1.59. The predicted octanol–water partition coefficient (Wildman–Crippen LogP) is -0.309. The smallest absolute Gasteiger partial charge is 0.231 e. The van der Waals surface area contributed by atoms with Crippen molar-refractivity contribution in [1.29, 1.82) is 0 Å². The maximum Gasteiger partial charge on any atom is 0.231 e. The van der Waals surface area contributed by atoms with Gasteiger partial charge in [0.05, 0.1) is 5.92 Å². The zero-order chi connectivity index (χ0) is 10.9. The lowest BCUT2D eigenvalue weighted by Crippen LogP contribution is -2.08. The minimum atomic E-state index is -3.09. The largest absolute Gasteiger partial charge is 0.339 e. The fourth-order valence-corrected chi connectivity index (χ4v) is 2.18. The van der Waals surface area contributed by atoms with Gasteiger partial charge in [-0.1, -0.05) is 5.16 Å². The molecule has 0 spiro atoms. The summed E-state index contributed by atoms with van der Waals surface area (Å²) >= 11 is 0. The molecule has 15 heavy (non-hydrogen) atoms. The molecule has 84 valence electrons. The second-order valence-electron chi connectivity index (χ2n) is 3.81. The lowest BCUT2D eigenvalue weighted by molar-refractivity contribution is 0.355. The minimum Gasteiger partial charge on any atom is -0.339 e. The Hall–Kier alpha value is -0.950. The van der Waals surface area contributed by atoms with E-state index in [1.807, 2.05) is 0 Å². The Morgan fingerprint density at radius 2 is 2.40 bits per heavy atom. The second-order valence-corrected chi connectivity index (χ2v) is 5.95. The van der Waals surface area contributed by atoms with Gasteiger partial charge in [-0.25, -0.2) is 8.42 Å². The van der Waals surface area contributed by atoms with Gasteiger partial charge < -0.3 is 9.84 Å². The quantitative estimate of drug-likeness (QED) is 0.768. The van der Waals surface area contributed by atoms with E-state index in [1.54, 1.807) is 0 Å². The van der Waals surface area contributed by atoms with E-state index in [-0.39, 0.29) is 17.5 Å². The van der Waals surface area contributed by atoms with Crippen molar-refractivity contribution in [2.75, 3.05) is 19.3 Å². The van der Waals surface area contributed by atoms with Crippen LogP contribution in [-0.4, -0.2) is 37.9 Å². The van der Waals surface area contributed by atoms with Crippen LogP contribution >= 0.6 is 0 Å². The molecule has 0 radical (unpaired) electrons. The van der Waals surface area contributed by atoms with Gasteiger partial charge in [0, 0.05) is 12.8 Å². The molecular formula is C8H13N3O3S. The van der Waals surface area contributed by atoms with Crippen molar-refractivity contribution in [1.82, 2.24) is 15.5 Å². The van der Waals surface area contributed by atoms with E-state index >= 15 is 0 Å². The molecule has 1 aromatic heterocycles. The number of hydrogen-bond acceptors (Lipinski definition) is 6. The number of aromatic nitrogens is 2. The third-order valence-electron chi connectivity index (χ3n) is 2.28. The van der Waals surface area contributed by atoms with Crippen LogP contribution < -0.4 is 5.32 Å². The number of hydrogen-bond donors (Lipinski definition) is 1. The number of rotatable bonds is 3. The summed E-state index contributed by atoms with van der Waals surface area (Å²) in [4.78, 5) is 4.08. The van der Waals surface area contributed by atoms with Crippen molar-refractivity contribution < 1.29 is 12.9 Å². The lowest BCUT2D eigenvalue weighted by atomic mass is 10.1. The van der Waals surface area contributed by atoms with E-state index in [0.717, 1.165) is 25.8 Å². The fraction of sp³-hybridized carbons (Fsp3) is 0.750. The molecule has 1 aromatic rings. The zero-order valence-corrected chi connectivity index (χ0v) is 9.25.